The van der Waals surface area contributed by atoms with Gasteiger partial charge in [0, 0.05) is 0 Å². The van der Waals surface area contributed by atoms with Crippen LogP contribution in [0.3, 0.4) is 0 Å². The maximum Gasteiger partial charge on any atom is 0.249 e. The summed E-state index contributed by atoms with van der Waals surface area (Å²) in [5, 5.41) is 44.1. The molecule has 0 aliphatic carbocycles. The standard InChI is InChI=1S/C63H125NO5/c1-3-5-7-9-11-13-15-17-19-21-23-25-27-29-30-31-33-34-36-38-40-42-44-46-48-50-52-54-56-60(66)62(68)59(58-65)64-63(69)61(67)57-55-53-51-49-47-45-43-41-39-37-35-32-28-26-24-22-20-18-16-14-12-10-8-6-4-2/h48,50,59-62,65-68H,3-47,49,51-58H2,1-2H3,(H,64,69)/b50-48+. The lowest BCUT2D eigenvalue weighted by molar-refractivity contribution is -0.132. The second-order valence-corrected chi connectivity index (χ2v) is 22.1. The normalized spacial score (nSPS) is 13.7. The molecule has 4 atom stereocenters. The minimum Gasteiger partial charge on any atom is -0.394 e. The Morgan fingerprint density at radius 2 is 0.594 bits per heavy atom. The minimum absolute atomic E-state index is 0.369. The molecule has 0 aromatic rings. The second-order valence-electron chi connectivity index (χ2n) is 22.1. The Labute approximate surface area is 432 Å². The van der Waals surface area contributed by atoms with Gasteiger partial charge in [0.2, 0.25) is 5.91 Å². The number of carbonyl (C=O) groups excluding carboxylic acids is 1. The van der Waals surface area contributed by atoms with Crippen molar-refractivity contribution in [3.63, 3.8) is 0 Å². The third kappa shape index (κ3) is 51.7. The van der Waals surface area contributed by atoms with Crippen molar-refractivity contribution in [2.45, 2.75) is 379 Å². The zero-order valence-electron chi connectivity index (χ0n) is 46.8. The van der Waals surface area contributed by atoms with Crippen LogP contribution in [0.15, 0.2) is 12.2 Å². The summed E-state index contributed by atoms with van der Waals surface area (Å²) in [6.45, 7) is 4.10. The molecule has 0 aromatic heterocycles. The number of rotatable bonds is 59. The number of hydrogen-bond donors (Lipinski definition) is 5. The number of aliphatic hydroxyl groups is 4. The molecule has 0 bridgehead atoms. The Morgan fingerprint density at radius 1 is 0.348 bits per heavy atom. The molecule has 0 aliphatic rings. The van der Waals surface area contributed by atoms with Crippen LogP contribution in [0.25, 0.3) is 0 Å². The lowest BCUT2D eigenvalue weighted by Crippen LogP contribution is -2.53. The molecule has 0 rings (SSSR count). The van der Waals surface area contributed by atoms with Gasteiger partial charge in [-0.1, -0.05) is 328 Å². The maximum absolute atomic E-state index is 12.6. The van der Waals surface area contributed by atoms with Gasteiger partial charge in [0.25, 0.3) is 0 Å². The number of nitrogens with one attached hydrogen (secondary N) is 1. The van der Waals surface area contributed by atoms with Gasteiger partial charge < -0.3 is 25.7 Å². The maximum atomic E-state index is 12.6. The first-order valence-corrected chi connectivity index (χ1v) is 31.6. The van der Waals surface area contributed by atoms with Crippen molar-refractivity contribution in [3.05, 3.63) is 12.2 Å². The van der Waals surface area contributed by atoms with Crippen LogP contribution in [0, 0.1) is 0 Å². The highest BCUT2D eigenvalue weighted by molar-refractivity contribution is 5.80. The molecule has 6 nitrogen and oxygen atoms in total. The zero-order chi connectivity index (χ0) is 50.2. The van der Waals surface area contributed by atoms with E-state index in [9.17, 15) is 25.2 Å². The Kier molecular flexibility index (Phi) is 57.1. The molecule has 6 heteroatoms. The van der Waals surface area contributed by atoms with Gasteiger partial charge in [-0.3, -0.25) is 4.79 Å². The molecule has 4 unspecified atom stereocenters. The number of amides is 1. The van der Waals surface area contributed by atoms with E-state index in [0.717, 1.165) is 38.5 Å². The van der Waals surface area contributed by atoms with Crippen molar-refractivity contribution in [2.24, 2.45) is 0 Å². The van der Waals surface area contributed by atoms with Crippen molar-refractivity contribution >= 4 is 5.91 Å². The molecule has 0 saturated heterocycles. The van der Waals surface area contributed by atoms with E-state index in [1.165, 1.54) is 289 Å². The smallest absolute Gasteiger partial charge is 0.249 e. The van der Waals surface area contributed by atoms with E-state index in [-0.39, 0.29) is 0 Å². The van der Waals surface area contributed by atoms with Crippen LogP contribution in [-0.2, 0) is 4.79 Å². The quantitative estimate of drug-likeness (QED) is 0.0308. The first kappa shape index (κ1) is 68.0. The van der Waals surface area contributed by atoms with Crippen molar-refractivity contribution in [1.29, 1.82) is 0 Å². The minimum atomic E-state index is -1.28. The van der Waals surface area contributed by atoms with Gasteiger partial charge >= 0.3 is 0 Å². The summed E-state index contributed by atoms with van der Waals surface area (Å²) in [7, 11) is 0. The van der Waals surface area contributed by atoms with Crippen LogP contribution < -0.4 is 5.32 Å². The molecule has 5 N–H and O–H groups in total. The molecule has 1 amide bonds. The molecule has 0 spiro atoms. The molecule has 0 fully saturated rings. The van der Waals surface area contributed by atoms with E-state index < -0.39 is 36.9 Å². The average Bonchev–Trinajstić information content (AvgIpc) is 3.35. The Bertz CT molecular complexity index is 1010. The Balaban J connectivity index is 3.58. The van der Waals surface area contributed by atoms with Gasteiger partial charge in [0.05, 0.1) is 18.8 Å². The second kappa shape index (κ2) is 57.9. The fourth-order valence-electron chi connectivity index (χ4n) is 10.3. The lowest BCUT2D eigenvalue weighted by Gasteiger charge is -2.27. The van der Waals surface area contributed by atoms with E-state index in [0.29, 0.717) is 12.8 Å². The van der Waals surface area contributed by atoms with Crippen molar-refractivity contribution in [1.82, 2.24) is 5.32 Å². The van der Waals surface area contributed by atoms with E-state index in [1.54, 1.807) is 0 Å². The summed E-state index contributed by atoms with van der Waals surface area (Å²) in [5.41, 5.74) is 0. The summed E-state index contributed by atoms with van der Waals surface area (Å²) >= 11 is 0. The highest BCUT2D eigenvalue weighted by Crippen LogP contribution is 2.19. The third-order valence-electron chi connectivity index (χ3n) is 15.2. The van der Waals surface area contributed by atoms with Crippen LogP contribution >= 0.6 is 0 Å². The summed E-state index contributed by atoms with van der Waals surface area (Å²) in [6.07, 6.45) is 70.3. The molecule has 0 heterocycles. The lowest BCUT2D eigenvalue weighted by atomic mass is 10.00. The highest BCUT2D eigenvalue weighted by Gasteiger charge is 2.28. The fraction of sp³-hybridized carbons (Fsp3) is 0.952. The Morgan fingerprint density at radius 3 is 0.870 bits per heavy atom. The monoisotopic (exact) mass is 976 g/mol. The van der Waals surface area contributed by atoms with Crippen LogP contribution in [0.5, 0.6) is 0 Å². The van der Waals surface area contributed by atoms with E-state index in [1.807, 2.05) is 0 Å². The van der Waals surface area contributed by atoms with Gasteiger partial charge in [-0.15, -0.1) is 0 Å². The van der Waals surface area contributed by atoms with Gasteiger partial charge in [-0.25, -0.2) is 0 Å². The molecule has 0 saturated carbocycles. The first-order valence-electron chi connectivity index (χ1n) is 31.6. The molecule has 69 heavy (non-hydrogen) atoms. The summed E-state index contributed by atoms with van der Waals surface area (Å²) in [5.74, 6) is -0.585. The van der Waals surface area contributed by atoms with E-state index in [2.05, 4.69) is 31.3 Å². The number of aliphatic hydroxyl groups excluding tert-OH is 4. The van der Waals surface area contributed by atoms with Crippen LogP contribution in [0.2, 0.25) is 0 Å². The van der Waals surface area contributed by atoms with Gasteiger partial charge in [0.1, 0.15) is 12.2 Å². The first-order chi connectivity index (χ1) is 34.0. The number of hydrogen-bond acceptors (Lipinski definition) is 5. The molecule has 0 aliphatic heterocycles. The van der Waals surface area contributed by atoms with Crippen molar-refractivity contribution in [2.75, 3.05) is 6.61 Å². The summed E-state index contributed by atoms with van der Waals surface area (Å²) < 4.78 is 0. The number of carbonyl (C=O) groups is 1. The molecule has 0 radical (unpaired) electrons. The largest absolute Gasteiger partial charge is 0.394 e. The van der Waals surface area contributed by atoms with Gasteiger partial charge in [0.15, 0.2) is 0 Å². The SMILES string of the molecule is CCCCCCCCCCCCCCCCCCCCCCCCC/C=C/CCCC(O)C(O)C(CO)NC(=O)C(O)CCCCCCCCCCCCCCCCCCCCCCCCCCC. The van der Waals surface area contributed by atoms with Crippen LogP contribution in [0.1, 0.15) is 354 Å². The molecule has 0 aromatic carbocycles. The molecular weight excluding hydrogens is 851 g/mol. The highest BCUT2D eigenvalue weighted by atomic mass is 16.3. The van der Waals surface area contributed by atoms with E-state index >= 15 is 0 Å². The molecule has 412 valence electrons. The average molecular weight is 977 g/mol. The van der Waals surface area contributed by atoms with Crippen molar-refractivity contribution in [3.8, 4) is 0 Å². The molecular formula is C63H125NO5. The van der Waals surface area contributed by atoms with Crippen molar-refractivity contribution < 1.29 is 25.2 Å². The predicted octanol–water partition coefficient (Wildman–Crippen LogP) is 18.8. The Hall–Kier alpha value is -0.950. The topological polar surface area (TPSA) is 110 Å². The fourth-order valence-corrected chi connectivity index (χ4v) is 10.3. The number of unbranched alkanes of at least 4 members (excludes halogenated alkanes) is 48. The van der Waals surface area contributed by atoms with Crippen LogP contribution in [0.4, 0.5) is 0 Å². The third-order valence-corrected chi connectivity index (χ3v) is 15.2. The summed E-state index contributed by atoms with van der Waals surface area (Å²) in [4.78, 5) is 12.6. The summed E-state index contributed by atoms with van der Waals surface area (Å²) in [6, 6.07) is -0.999. The van der Waals surface area contributed by atoms with E-state index in [4.69, 9.17) is 0 Å². The van der Waals surface area contributed by atoms with Gasteiger partial charge in [-0.05, 0) is 38.5 Å². The predicted molar refractivity (Wildman–Crippen MR) is 302 cm³/mol. The zero-order valence-corrected chi connectivity index (χ0v) is 46.8. The van der Waals surface area contributed by atoms with Gasteiger partial charge in [-0.2, -0.15) is 0 Å². The number of allylic oxidation sites excluding steroid dienone is 2. The van der Waals surface area contributed by atoms with Crippen LogP contribution in [-0.4, -0.2) is 57.3 Å².